The molecule has 0 saturated heterocycles. The lowest BCUT2D eigenvalue weighted by Gasteiger charge is -2.10. The van der Waals surface area contributed by atoms with E-state index in [2.05, 4.69) is 34.6 Å². The SMILES string of the molecule is CCCSc1nnc(NC(=O)[C@@H](C)Sc2ccc(C)cc2)s1. The van der Waals surface area contributed by atoms with Gasteiger partial charge in [-0.3, -0.25) is 10.1 Å². The fourth-order valence-electron chi connectivity index (χ4n) is 1.59. The summed E-state index contributed by atoms with van der Waals surface area (Å²) in [6.07, 6.45) is 1.09. The van der Waals surface area contributed by atoms with Gasteiger partial charge in [-0.05, 0) is 32.4 Å². The van der Waals surface area contributed by atoms with Crippen molar-refractivity contribution in [3.8, 4) is 0 Å². The minimum absolute atomic E-state index is 0.0474. The molecule has 1 amide bonds. The van der Waals surface area contributed by atoms with E-state index in [9.17, 15) is 4.79 Å². The number of aryl methyl sites for hydroxylation is 1. The number of hydrogen-bond donors (Lipinski definition) is 1. The van der Waals surface area contributed by atoms with E-state index in [-0.39, 0.29) is 11.2 Å². The van der Waals surface area contributed by atoms with Crippen molar-refractivity contribution < 1.29 is 4.79 Å². The van der Waals surface area contributed by atoms with Gasteiger partial charge in [0.05, 0.1) is 5.25 Å². The monoisotopic (exact) mass is 353 g/mol. The first-order chi connectivity index (χ1) is 10.6. The van der Waals surface area contributed by atoms with Crippen molar-refractivity contribution >= 4 is 45.9 Å². The Bertz CT molecular complexity index is 613. The highest BCUT2D eigenvalue weighted by Gasteiger charge is 2.16. The van der Waals surface area contributed by atoms with Crippen LogP contribution in [0.5, 0.6) is 0 Å². The van der Waals surface area contributed by atoms with Gasteiger partial charge in [0, 0.05) is 10.6 Å². The Morgan fingerprint density at radius 2 is 2.05 bits per heavy atom. The topological polar surface area (TPSA) is 54.9 Å². The molecule has 1 heterocycles. The maximum atomic E-state index is 12.2. The second kappa shape index (κ2) is 8.55. The van der Waals surface area contributed by atoms with Crippen molar-refractivity contribution in [3.05, 3.63) is 29.8 Å². The third-order valence-electron chi connectivity index (χ3n) is 2.77. The van der Waals surface area contributed by atoms with E-state index in [1.807, 2.05) is 26.0 Å². The number of carbonyl (C=O) groups excluding carboxylic acids is 1. The van der Waals surface area contributed by atoms with E-state index in [4.69, 9.17) is 0 Å². The van der Waals surface area contributed by atoms with Crippen LogP contribution in [0, 0.1) is 6.92 Å². The molecule has 7 heteroatoms. The van der Waals surface area contributed by atoms with Crippen LogP contribution in [0.2, 0.25) is 0 Å². The minimum atomic E-state index is -0.182. The van der Waals surface area contributed by atoms with Gasteiger partial charge in [-0.1, -0.05) is 47.7 Å². The Hall–Kier alpha value is -1.05. The molecule has 4 nitrogen and oxygen atoms in total. The molecule has 0 aliphatic rings. The van der Waals surface area contributed by atoms with Crippen LogP contribution < -0.4 is 5.32 Å². The molecule has 118 valence electrons. The number of nitrogens with zero attached hydrogens (tertiary/aromatic N) is 2. The van der Waals surface area contributed by atoms with Crippen molar-refractivity contribution in [2.75, 3.05) is 11.1 Å². The summed E-state index contributed by atoms with van der Waals surface area (Å²) < 4.78 is 0.899. The zero-order chi connectivity index (χ0) is 15.9. The largest absolute Gasteiger partial charge is 0.300 e. The summed E-state index contributed by atoms with van der Waals surface area (Å²) in [5, 5.41) is 11.3. The van der Waals surface area contributed by atoms with E-state index in [1.54, 1.807) is 11.8 Å². The molecule has 1 aromatic heterocycles. The van der Waals surface area contributed by atoms with Crippen LogP contribution in [0.1, 0.15) is 25.8 Å². The molecule has 0 aliphatic heterocycles. The zero-order valence-corrected chi connectivity index (χ0v) is 15.3. The molecule has 0 bridgehead atoms. The van der Waals surface area contributed by atoms with E-state index < -0.39 is 0 Å². The molecule has 2 rings (SSSR count). The molecule has 0 fully saturated rings. The summed E-state index contributed by atoms with van der Waals surface area (Å²) in [4.78, 5) is 13.3. The van der Waals surface area contributed by atoms with Crippen LogP contribution in [-0.2, 0) is 4.79 Å². The second-order valence-electron chi connectivity index (χ2n) is 4.78. The first-order valence-electron chi connectivity index (χ1n) is 7.09. The molecule has 0 radical (unpaired) electrons. The average molecular weight is 354 g/mol. The number of hydrogen-bond acceptors (Lipinski definition) is 6. The van der Waals surface area contributed by atoms with Gasteiger partial charge in [0.15, 0.2) is 4.34 Å². The summed E-state index contributed by atoms with van der Waals surface area (Å²) in [5.41, 5.74) is 1.22. The van der Waals surface area contributed by atoms with Crippen LogP contribution in [0.25, 0.3) is 0 Å². The number of amides is 1. The normalized spacial score (nSPS) is 12.1. The standard InChI is InChI=1S/C15H19N3OS3/c1-4-9-20-15-18-17-14(22-15)16-13(19)11(3)21-12-7-5-10(2)6-8-12/h5-8,11H,4,9H2,1-3H3,(H,16,17,19)/t11-/m1/s1. The van der Waals surface area contributed by atoms with E-state index in [0.29, 0.717) is 5.13 Å². The highest BCUT2D eigenvalue weighted by Crippen LogP contribution is 2.28. The first kappa shape index (κ1) is 17.3. The third kappa shape index (κ3) is 5.30. The van der Waals surface area contributed by atoms with Crippen LogP contribution >= 0.6 is 34.9 Å². The molecule has 1 atom stereocenters. The quantitative estimate of drug-likeness (QED) is 0.588. The Labute approximate surface area is 143 Å². The summed E-state index contributed by atoms with van der Waals surface area (Å²) in [6.45, 7) is 6.07. The number of aromatic nitrogens is 2. The number of carbonyl (C=O) groups is 1. The predicted molar refractivity (Wildman–Crippen MR) is 96.1 cm³/mol. The molecule has 0 saturated carbocycles. The summed E-state index contributed by atoms with van der Waals surface area (Å²) >= 11 is 4.63. The highest BCUT2D eigenvalue weighted by molar-refractivity contribution is 8.01. The van der Waals surface area contributed by atoms with Crippen molar-refractivity contribution in [1.82, 2.24) is 10.2 Å². The van der Waals surface area contributed by atoms with Crippen LogP contribution in [0.4, 0.5) is 5.13 Å². The average Bonchev–Trinajstić information content (AvgIpc) is 2.95. The van der Waals surface area contributed by atoms with Crippen molar-refractivity contribution in [1.29, 1.82) is 0 Å². The Morgan fingerprint density at radius 3 is 2.73 bits per heavy atom. The molecule has 2 aromatic rings. The summed E-state index contributed by atoms with van der Waals surface area (Å²) in [7, 11) is 0. The molecule has 1 N–H and O–H groups in total. The second-order valence-corrected chi connectivity index (χ2v) is 8.52. The highest BCUT2D eigenvalue weighted by atomic mass is 32.2. The Morgan fingerprint density at radius 1 is 1.32 bits per heavy atom. The summed E-state index contributed by atoms with van der Waals surface area (Å²) in [6, 6.07) is 8.17. The maximum Gasteiger partial charge on any atom is 0.239 e. The molecule has 0 aliphatic carbocycles. The third-order valence-corrected chi connectivity index (χ3v) is 6.06. The lowest BCUT2D eigenvalue weighted by atomic mass is 10.2. The first-order valence-corrected chi connectivity index (χ1v) is 9.77. The fraction of sp³-hybridized carbons (Fsp3) is 0.400. The van der Waals surface area contributed by atoms with E-state index >= 15 is 0 Å². The van der Waals surface area contributed by atoms with Crippen LogP contribution in [-0.4, -0.2) is 27.1 Å². The van der Waals surface area contributed by atoms with Crippen molar-refractivity contribution in [3.63, 3.8) is 0 Å². The minimum Gasteiger partial charge on any atom is -0.300 e. The number of nitrogens with one attached hydrogen (secondary N) is 1. The van der Waals surface area contributed by atoms with Crippen molar-refractivity contribution in [2.24, 2.45) is 0 Å². The molecule has 0 unspecified atom stereocenters. The Balaban J connectivity index is 1.88. The lowest BCUT2D eigenvalue weighted by molar-refractivity contribution is -0.115. The van der Waals surface area contributed by atoms with E-state index in [1.165, 1.54) is 28.7 Å². The van der Waals surface area contributed by atoms with Gasteiger partial charge in [-0.2, -0.15) is 0 Å². The van der Waals surface area contributed by atoms with Crippen LogP contribution in [0.3, 0.4) is 0 Å². The van der Waals surface area contributed by atoms with Gasteiger partial charge in [0.25, 0.3) is 0 Å². The van der Waals surface area contributed by atoms with E-state index in [0.717, 1.165) is 21.4 Å². The summed E-state index contributed by atoms with van der Waals surface area (Å²) in [5.74, 6) is 0.969. The van der Waals surface area contributed by atoms with Gasteiger partial charge in [0.1, 0.15) is 0 Å². The smallest absolute Gasteiger partial charge is 0.239 e. The number of rotatable bonds is 7. The zero-order valence-electron chi connectivity index (χ0n) is 12.8. The number of thioether (sulfide) groups is 2. The number of benzene rings is 1. The van der Waals surface area contributed by atoms with Crippen LogP contribution in [0.15, 0.2) is 33.5 Å². The predicted octanol–water partition coefficient (Wildman–Crippen LogP) is 4.47. The molecular formula is C15H19N3OS3. The number of anilines is 1. The van der Waals surface area contributed by atoms with Gasteiger partial charge in [0.2, 0.25) is 11.0 Å². The molecule has 0 spiro atoms. The maximum absolute atomic E-state index is 12.2. The van der Waals surface area contributed by atoms with Gasteiger partial charge < -0.3 is 0 Å². The van der Waals surface area contributed by atoms with Crippen molar-refractivity contribution in [2.45, 2.75) is 41.7 Å². The molecule has 22 heavy (non-hydrogen) atoms. The lowest BCUT2D eigenvalue weighted by Crippen LogP contribution is -2.22. The Kier molecular flexibility index (Phi) is 6.72. The van der Waals surface area contributed by atoms with Gasteiger partial charge in [-0.15, -0.1) is 22.0 Å². The molecular weight excluding hydrogens is 334 g/mol. The van der Waals surface area contributed by atoms with Gasteiger partial charge >= 0.3 is 0 Å². The van der Waals surface area contributed by atoms with Gasteiger partial charge in [-0.25, -0.2) is 0 Å². The molecule has 1 aromatic carbocycles. The fourth-order valence-corrected chi connectivity index (χ4v) is 4.14.